The van der Waals surface area contributed by atoms with Gasteiger partial charge in [0, 0.05) is 11.3 Å². The minimum Gasteiger partial charge on any atom is -0.465 e. The molecule has 1 aromatic heterocycles. The first-order chi connectivity index (χ1) is 13.0. The van der Waals surface area contributed by atoms with Crippen LogP contribution in [0.3, 0.4) is 0 Å². The molecule has 0 aliphatic heterocycles. The van der Waals surface area contributed by atoms with E-state index in [9.17, 15) is 14.7 Å². The molecule has 1 unspecified atom stereocenters. The number of pyridine rings is 1. The number of aryl methyl sites for hydroxylation is 2. The van der Waals surface area contributed by atoms with Crippen LogP contribution in [0.5, 0.6) is 0 Å². The van der Waals surface area contributed by atoms with Gasteiger partial charge in [0.2, 0.25) is 0 Å². The SMILES string of the molecule is C#Cc1ccc2c3c(c(C(C)NC(=O)O)n(-c4ccccc4)c(=O)c13)CC2. The number of para-hydroxylation sites is 1. The van der Waals surface area contributed by atoms with Gasteiger partial charge in [0.15, 0.2) is 0 Å². The average Bonchev–Trinajstić information content (AvgIpc) is 3.08. The smallest absolute Gasteiger partial charge is 0.405 e. The van der Waals surface area contributed by atoms with E-state index >= 15 is 0 Å². The summed E-state index contributed by atoms with van der Waals surface area (Å²) in [4.78, 5) is 24.8. The average molecular weight is 358 g/mol. The predicted molar refractivity (Wildman–Crippen MR) is 104 cm³/mol. The summed E-state index contributed by atoms with van der Waals surface area (Å²) in [7, 11) is 0. The molecule has 134 valence electrons. The zero-order valence-electron chi connectivity index (χ0n) is 14.8. The van der Waals surface area contributed by atoms with E-state index in [0.29, 0.717) is 22.3 Å². The summed E-state index contributed by atoms with van der Waals surface area (Å²) in [6.07, 6.45) is 6.09. The largest absolute Gasteiger partial charge is 0.465 e. The molecule has 1 aliphatic rings. The van der Waals surface area contributed by atoms with Crippen molar-refractivity contribution in [3.8, 4) is 18.0 Å². The van der Waals surface area contributed by atoms with Gasteiger partial charge in [-0.1, -0.05) is 30.2 Å². The van der Waals surface area contributed by atoms with Crippen molar-refractivity contribution in [3.63, 3.8) is 0 Å². The number of benzene rings is 2. The number of nitrogens with zero attached hydrogens (tertiary/aromatic N) is 1. The molecule has 2 N–H and O–H groups in total. The third-order valence-corrected chi connectivity index (χ3v) is 5.12. The van der Waals surface area contributed by atoms with Crippen molar-refractivity contribution >= 4 is 16.9 Å². The second-order valence-corrected chi connectivity index (χ2v) is 6.68. The molecule has 2 aromatic carbocycles. The second-order valence-electron chi connectivity index (χ2n) is 6.68. The van der Waals surface area contributed by atoms with Crippen LogP contribution in [0.25, 0.3) is 16.5 Å². The summed E-state index contributed by atoms with van der Waals surface area (Å²) in [5.74, 6) is 2.63. The van der Waals surface area contributed by atoms with E-state index in [4.69, 9.17) is 6.42 Å². The van der Waals surface area contributed by atoms with Gasteiger partial charge in [-0.05, 0) is 54.5 Å². The van der Waals surface area contributed by atoms with Crippen molar-refractivity contribution in [2.45, 2.75) is 25.8 Å². The maximum atomic E-state index is 13.5. The third kappa shape index (κ3) is 2.58. The van der Waals surface area contributed by atoms with Crippen molar-refractivity contribution in [2.24, 2.45) is 0 Å². The van der Waals surface area contributed by atoms with Gasteiger partial charge in [0.25, 0.3) is 5.56 Å². The fourth-order valence-corrected chi connectivity index (χ4v) is 4.08. The van der Waals surface area contributed by atoms with E-state index in [1.165, 1.54) is 0 Å². The molecule has 3 aromatic rings. The van der Waals surface area contributed by atoms with Crippen molar-refractivity contribution in [3.05, 3.63) is 75.2 Å². The van der Waals surface area contributed by atoms with Gasteiger partial charge in [-0.2, -0.15) is 0 Å². The molecule has 1 aliphatic carbocycles. The second kappa shape index (κ2) is 6.33. The Labute approximate surface area is 156 Å². The fourth-order valence-electron chi connectivity index (χ4n) is 4.08. The Morgan fingerprint density at radius 3 is 2.59 bits per heavy atom. The van der Waals surface area contributed by atoms with E-state index in [-0.39, 0.29) is 5.56 Å². The normalized spacial score (nSPS) is 13.3. The minimum atomic E-state index is -1.13. The van der Waals surface area contributed by atoms with Gasteiger partial charge < -0.3 is 10.4 Å². The van der Waals surface area contributed by atoms with E-state index in [1.807, 2.05) is 42.5 Å². The van der Waals surface area contributed by atoms with E-state index in [0.717, 1.165) is 29.4 Å². The van der Waals surface area contributed by atoms with Crippen LogP contribution in [0.1, 0.15) is 35.3 Å². The highest BCUT2D eigenvalue weighted by atomic mass is 16.4. The van der Waals surface area contributed by atoms with Gasteiger partial charge in [0.1, 0.15) is 0 Å². The maximum absolute atomic E-state index is 13.5. The lowest BCUT2D eigenvalue weighted by molar-refractivity contribution is 0.190. The first-order valence-electron chi connectivity index (χ1n) is 8.77. The highest BCUT2D eigenvalue weighted by Gasteiger charge is 2.28. The van der Waals surface area contributed by atoms with Crippen molar-refractivity contribution in [1.29, 1.82) is 0 Å². The van der Waals surface area contributed by atoms with Crippen LogP contribution in [0.15, 0.2) is 47.3 Å². The van der Waals surface area contributed by atoms with E-state index in [2.05, 4.69) is 11.2 Å². The number of carboxylic acid groups (broad SMARTS) is 1. The van der Waals surface area contributed by atoms with Crippen molar-refractivity contribution in [1.82, 2.24) is 9.88 Å². The molecule has 1 heterocycles. The summed E-state index contributed by atoms with van der Waals surface area (Å²) in [6.45, 7) is 1.76. The maximum Gasteiger partial charge on any atom is 0.405 e. The predicted octanol–water partition coefficient (Wildman–Crippen LogP) is 3.40. The molecule has 0 radical (unpaired) electrons. The molecule has 5 heteroatoms. The number of nitrogens with one attached hydrogen (secondary N) is 1. The van der Waals surface area contributed by atoms with Gasteiger partial charge in [-0.3, -0.25) is 9.36 Å². The molecule has 0 saturated heterocycles. The lowest BCUT2D eigenvalue weighted by Crippen LogP contribution is -2.32. The van der Waals surface area contributed by atoms with E-state index < -0.39 is 12.1 Å². The van der Waals surface area contributed by atoms with Crippen LogP contribution >= 0.6 is 0 Å². The van der Waals surface area contributed by atoms with Gasteiger partial charge in [-0.15, -0.1) is 6.42 Å². The van der Waals surface area contributed by atoms with Gasteiger partial charge in [0.05, 0.1) is 17.1 Å². The molecule has 0 spiro atoms. The summed E-state index contributed by atoms with van der Waals surface area (Å²) >= 11 is 0. The number of amides is 1. The van der Waals surface area contributed by atoms with Crippen LogP contribution in [0.2, 0.25) is 0 Å². The number of terminal acetylenes is 1. The first-order valence-corrected chi connectivity index (χ1v) is 8.77. The number of rotatable bonds is 3. The molecular weight excluding hydrogens is 340 g/mol. The molecule has 1 amide bonds. The summed E-state index contributed by atoms with van der Waals surface area (Å²) in [5.41, 5.74) is 3.79. The number of aromatic nitrogens is 1. The highest BCUT2D eigenvalue weighted by molar-refractivity contribution is 5.95. The van der Waals surface area contributed by atoms with Crippen LogP contribution in [-0.4, -0.2) is 15.8 Å². The zero-order valence-corrected chi connectivity index (χ0v) is 14.8. The Balaban J connectivity index is 2.18. The Kier molecular flexibility index (Phi) is 3.97. The molecule has 0 bridgehead atoms. The lowest BCUT2D eigenvalue weighted by Gasteiger charge is -2.23. The Morgan fingerprint density at radius 1 is 1.19 bits per heavy atom. The summed E-state index contributed by atoms with van der Waals surface area (Å²) in [5, 5.41) is 13.2. The standard InChI is InChI=1S/C22H18N2O3/c1-3-14-9-10-15-11-12-17-18(15)19(14)21(25)24(16-7-5-4-6-8-16)20(17)13(2)23-22(26)27/h1,4-10,13,23H,11-12H2,2H3,(H,26,27). The topological polar surface area (TPSA) is 71.3 Å². The molecule has 1 atom stereocenters. The first kappa shape index (κ1) is 16.9. The molecule has 4 rings (SSSR count). The molecule has 0 saturated carbocycles. The van der Waals surface area contributed by atoms with E-state index in [1.54, 1.807) is 11.5 Å². The summed E-state index contributed by atoms with van der Waals surface area (Å²) < 4.78 is 1.61. The Morgan fingerprint density at radius 2 is 1.93 bits per heavy atom. The number of hydrogen-bond acceptors (Lipinski definition) is 2. The lowest BCUT2D eigenvalue weighted by atomic mass is 9.97. The van der Waals surface area contributed by atoms with Crippen LogP contribution < -0.4 is 10.9 Å². The van der Waals surface area contributed by atoms with Gasteiger partial charge in [-0.25, -0.2) is 4.79 Å². The van der Waals surface area contributed by atoms with Crippen molar-refractivity contribution < 1.29 is 9.90 Å². The summed E-state index contributed by atoms with van der Waals surface area (Å²) in [6, 6.07) is 12.5. The highest BCUT2D eigenvalue weighted by Crippen LogP contribution is 2.36. The fraction of sp³-hybridized carbons (Fsp3) is 0.182. The number of hydrogen-bond donors (Lipinski definition) is 2. The molecular formula is C22H18N2O3. The zero-order chi connectivity index (χ0) is 19.1. The number of carbonyl (C=O) groups is 1. The Hall–Kier alpha value is -3.52. The third-order valence-electron chi connectivity index (χ3n) is 5.12. The van der Waals surface area contributed by atoms with Crippen LogP contribution in [0, 0.1) is 12.3 Å². The molecule has 0 fully saturated rings. The monoisotopic (exact) mass is 358 g/mol. The minimum absolute atomic E-state index is 0.217. The van der Waals surface area contributed by atoms with Crippen LogP contribution in [0.4, 0.5) is 4.79 Å². The quantitative estimate of drug-likeness (QED) is 0.705. The van der Waals surface area contributed by atoms with Crippen LogP contribution in [-0.2, 0) is 12.8 Å². The molecule has 27 heavy (non-hydrogen) atoms. The molecule has 5 nitrogen and oxygen atoms in total. The van der Waals surface area contributed by atoms with Gasteiger partial charge >= 0.3 is 6.09 Å². The van der Waals surface area contributed by atoms with Crippen molar-refractivity contribution in [2.75, 3.05) is 0 Å². The Bertz CT molecular complexity index is 1170.